The quantitative estimate of drug-likeness (QED) is 0.373. The molecule has 3 aromatic rings. The van der Waals surface area contributed by atoms with Gasteiger partial charge in [0.2, 0.25) is 5.91 Å². The molecule has 1 amide bonds. The highest BCUT2D eigenvalue weighted by molar-refractivity contribution is 7.91. The lowest BCUT2D eigenvalue weighted by Gasteiger charge is -2.17. The van der Waals surface area contributed by atoms with E-state index in [4.69, 9.17) is 4.74 Å². The number of sulfone groups is 1. The molecule has 0 aliphatic carbocycles. The van der Waals surface area contributed by atoms with Gasteiger partial charge in [-0.05, 0) is 36.4 Å². The lowest BCUT2D eigenvalue weighted by atomic mass is 10.3. The lowest BCUT2D eigenvalue weighted by Crippen LogP contribution is -2.22. The Hall–Kier alpha value is -3.11. The summed E-state index contributed by atoms with van der Waals surface area (Å²) in [6, 6.07) is 13.4. The Bertz CT molecular complexity index is 1160. The fourth-order valence-corrected chi connectivity index (χ4v) is 4.77. The summed E-state index contributed by atoms with van der Waals surface area (Å²) in [5.41, 5.74) is 1.11. The highest BCUT2D eigenvalue weighted by Crippen LogP contribution is 2.28. The lowest BCUT2D eigenvalue weighted by molar-refractivity contribution is -0.144. The maximum Gasteiger partial charge on any atom is 0.307 e. The zero-order chi connectivity index (χ0) is 22.4. The summed E-state index contributed by atoms with van der Waals surface area (Å²) in [5, 5.41) is 2.10. The van der Waals surface area contributed by atoms with Crippen LogP contribution in [0.1, 0.15) is 19.0 Å². The number of thiazole rings is 1. The monoisotopic (exact) mass is 462 g/mol. The van der Waals surface area contributed by atoms with E-state index in [-0.39, 0.29) is 23.8 Å². The van der Waals surface area contributed by atoms with Crippen molar-refractivity contribution in [3.8, 4) is 0 Å². The number of hydrogen-bond acceptors (Lipinski definition) is 7. The average Bonchev–Trinajstić information content (AvgIpc) is 3.20. The summed E-state index contributed by atoms with van der Waals surface area (Å²) in [4.78, 5) is 29.8. The molecule has 3 rings (SSSR count). The molecule has 0 aliphatic heterocycles. The van der Waals surface area contributed by atoms with Crippen molar-refractivity contribution in [1.29, 1.82) is 0 Å². The highest BCUT2D eigenvalue weighted by Gasteiger charge is 2.19. The number of anilines is 2. The minimum absolute atomic E-state index is 0.0592. The molecule has 0 spiro atoms. The largest absolute Gasteiger partial charge is 0.459 e. The maximum atomic E-state index is 12.9. The molecule has 0 saturated heterocycles. The molecule has 31 heavy (non-hydrogen) atoms. The van der Waals surface area contributed by atoms with Gasteiger partial charge in [0.1, 0.15) is 12.4 Å². The second-order valence-corrected chi connectivity index (χ2v) is 9.44. The number of rotatable bonds is 8. The van der Waals surface area contributed by atoms with E-state index in [1.54, 1.807) is 17.5 Å². The number of ether oxygens (including phenoxy) is 1. The summed E-state index contributed by atoms with van der Waals surface area (Å²) in [6.07, 6.45) is -0.347. The number of nitrogens with zero attached hydrogens (tertiary/aromatic N) is 2. The Balaban J connectivity index is 1.57. The van der Waals surface area contributed by atoms with Gasteiger partial charge in [0, 0.05) is 12.3 Å². The Morgan fingerprint density at radius 2 is 1.77 bits per heavy atom. The first-order valence-corrected chi connectivity index (χ1v) is 11.7. The third kappa shape index (κ3) is 5.96. The maximum absolute atomic E-state index is 12.9. The van der Waals surface area contributed by atoms with Crippen molar-refractivity contribution in [2.45, 2.75) is 24.8 Å². The number of amides is 1. The molecule has 1 aromatic heterocycles. The minimum Gasteiger partial charge on any atom is -0.459 e. The summed E-state index contributed by atoms with van der Waals surface area (Å²) < 4.78 is 42.5. The molecular weight excluding hydrogens is 443 g/mol. The van der Waals surface area contributed by atoms with Crippen LogP contribution in [0.5, 0.6) is 0 Å². The molecule has 1 heterocycles. The van der Waals surface area contributed by atoms with Gasteiger partial charge in [-0.2, -0.15) is 0 Å². The van der Waals surface area contributed by atoms with Crippen molar-refractivity contribution in [3.63, 3.8) is 0 Å². The predicted molar refractivity (Wildman–Crippen MR) is 114 cm³/mol. The van der Waals surface area contributed by atoms with E-state index in [1.807, 2.05) is 18.2 Å². The van der Waals surface area contributed by atoms with Crippen LogP contribution >= 0.6 is 11.3 Å². The van der Waals surface area contributed by atoms with Gasteiger partial charge in [-0.25, -0.2) is 17.8 Å². The van der Waals surface area contributed by atoms with Crippen LogP contribution in [-0.4, -0.2) is 31.0 Å². The SMILES string of the molecule is CC(=O)N(c1ccccc1)c1nc(COC(=O)CCS(=O)(=O)c2ccc(F)cc2)cs1. The summed E-state index contributed by atoms with van der Waals surface area (Å²) in [6.45, 7) is 1.28. The van der Waals surface area contributed by atoms with E-state index < -0.39 is 27.4 Å². The number of hydrogen-bond donors (Lipinski definition) is 0. The number of benzene rings is 2. The average molecular weight is 463 g/mol. The second kappa shape index (κ2) is 9.80. The Kier molecular flexibility index (Phi) is 7.13. The summed E-state index contributed by atoms with van der Waals surface area (Å²) in [7, 11) is -3.73. The van der Waals surface area contributed by atoms with Gasteiger partial charge in [-0.1, -0.05) is 18.2 Å². The van der Waals surface area contributed by atoms with Crippen LogP contribution in [0.2, 0.25) is 0 Å². The van der Waals surface area contributed by atoms with Gasteiger partial charge in [0.25, 0.3) is 0 Å². The smallest absolute Gasteiger partial charge is 0.307 e. The number of halogens is 1. The number of esters is 1. The Morgan fingerprint density at radius 3 is 2.42 bits per heavy atom. The molecule has 162 valence electrons. The molecule has 0 atom stereocenters. The zero-order valence-corrected chi connectivity index (χ0v) is 18.2. The van der Waals surface area contributed by atoms with Crippen LogP contribution in [0.15, 0.2) is 64.9 Å². The standard InChI is InChI=1S/C21H19FN2O5S2/c1-15(25)24(18-5-3-2-4-6-18)21-23-17(14-30-21)13-29-20(26)11-12-31(27,28)19-9-7-16(22)8-10-19/h2-10,14H,11-13H2,1H3. The fraction of sp³-hybridized carbons (Fsp3) is 0.190. The molecule has 0 radical (unpaired) electrons. The van der Waals surface area contributed by atoms with Gasteiger partial charge in [0.05, 0.1) is 28.5 Å². The summed E-state index contributed by atoms with van der Waals surface area (Å²) >= 11 is 1.22. The van der Waals surface area contributed by atoms with Gasteiger partial charge in [0.15, 0.2) is 15.0 Å². The molecule has 0 saturated carbocycles. The van der Waals surface area contributed by atoms with E-state index in [0.717, 1.165) is 24.3 Å². The molecule has 0 bridgehead atoms. The van der Waals surface area contributed by atoms with Gasteiger partial charge >= 0.3 is 5.97 Å². The van der Waals surface area contributed by atoms with Crippen molar-refractivity contribution in [2.24, 2.45) is 0 Å². The Labute approximate surface area is 183 Å². The van der Waals surface area contributed by atoms with Crippen LogP contribution in [0.3, 0.4) is 0 Å². The van der Waals surface area contributed by atoms with Gasteiger partial charge in [-0.3, -0.25) is 14.5 Å². The van der Waals surface area contributed by atoms with E-state index in [1.165, 1.54) is 23.2 Å². The number of carbonyl (C=O) groups is 2. The van der Waals surface area contributed by atoms with Gasteiger partial charge < -0.3 is 4.74 Å². The number of carbonyl (C=O) groups excluding carboxylic acids is 2. The van der Waals surface area contributed by atoms with E-state index in [2.05, 4.69) is 4.98 Å². The van der Waals surface area contributed by atoms with Crippen molar-refractivity contribution in [3.05, 3.63) is 71.5 Å². The summed E-state index contributed by atoms with van der Waals surface area (Å²) in [5.74, 6) is -1.91. The van der Waals surface area contributed by atoms with Crippen LogP contribution in [0, 0.1) is 5.82 Å². The second-order valence-electron chi connectivity index (χ2n) is 6.49. The molecule has 10 heteroatoms. The number of aromatic nitrogens is 1. The zero-order valence-electron chi connectivity index (χ0n) is 16.5. The molecule has 0 fully saturated rings. The molecular formula is C21H19FN2O5S2. The van der Waals surface area contributed by atoms with Crippen LogP contribution in [-0.2, 0) is 30.8 Å². The third-order valence-electron chi connectivity index (χ3n) is 4.19. The Morgan fingerprint density at radius 1 is 1.10 bits per heavy atom. The van der Waals surface area contributed by atoms with Crippen molar-refractivity contribution < 1.29 is 27.1 Å². The van der Waals surface area contributed by atoms with E-state index in [0.29, 0.717) is 16.5 Å². The molecule has 7 nitrogen and oxygen atoms in total. The molecule has 0 N–H and O–H groups in total. The van der Waals surface area contributed by atoms with Crippen LogP contribution in [0.25, 0.3) is 0 Å². The van der Waals surface area contributed by atoms with Gasteiger partial charge in [-0.15, -0.1) is 11.3 Å². The van der Waals surface area contributed by atoms with E-state index in [9.17, 15) is 22.4 Å². The molecule has 0 aliphatic rings. The first kappa shape index (κ1) is 22.6. The number of para-hydroxylation sites is 1. The van der Waals surface area contributed by atoms with Crippen molar-refractivity contribution in [1.82, 2.24) is 4.98 Å². The normalized spacial score (nSPS) is 11.2. The van der Waals surface area contributed by atoms with Crippen LogP contribution < -0.4 is 4.90 Å². The fourth-order valence-electron chi connectivity index (χ4n) is 2.67. The first-order valence-electron chi connectivity index (χ1n) is 9.20. The topological polar surface area (TPSA) is 93.6 Å². The van der Waals surface area contributed by atoms with Crippen molar-refractivity contribution in [2.75, 3.05) is 10.7 Å². The highest BCUT2D eigenvalue weighted by atomic mass is 32.2. The van der Waals surface area contributed by atoms with Crippen LogP contribution in [0.4, 0.5) is 15.2 Å². The molecule has 2 aromatic carbocycles. The first-order chi connectivity index (χ1) is 14.8. The third-order valence-corrected chi connectivity index (χ3v) is 6.80. The minimum atomic E-state index is -3.73. The van der Waals surface area contributed by atoms with Crippen molar-refractivity contribution >= 4 is 43.9 Å². The predicted octanol–water partition coefficient (Wildman–Crippen LogP) is 3.87. The van der Waals surface area contributed by atoms with E-state index >= 15 is 0 Å². The molecule has 0 unspecified atom stereocenters.